The fourth-order valence-corrected chi connectivity index (χ4v) is 3.69. The van der Waals surface area contributed by atoms with Crippen LogP contribution < -0.4 is 0 Å². The van der Waals surface area contributed by atoms with Gasteiger partial charge < -0.3 is 5.11 Å². The maximum atomic E-state index is 10.3. The highest BCUT2D eigenvalue weighted by Gasteiger charge is 2.35. The summed E-state index contributed by atoms with van der Waals surface area (Å²) in [4.78, 5) is 9.10. The van der Waals surface area contributed by atoms with E-state index in [0.717, 1.165) is 32.5 Å². The summed E-state index contributed by atoms with van der Waals surface area (Å²) in [6.45, 7) is 5.30. The topological polar surface area (TPSA) is 39.6 Å². The zero-order chi connectivity index (χ0) is 14.5. The lowest BCUT2D eigenvalue weighted by Gasteiger charge is -2.33. The van der Waals surface area contributed by atoms with Crippen LogP contribution in [0.5, 0.6) is 0 Å². The zero-order valence-corrected chi connectivity index (χ0v) is 12.8. The molecule has 2 fully saturated rings. The quantitative estimate of drug-likeness (QED) is 0.893. The van der Waals surface area contributed by atoms with Gasteiger partial charge in [0.25, 0.3) is 0 Å². The normalized spacial score (nSPS) is 28.0. The van der Waals surface area contributed by atoms with Gasteiger partial charge in [0.2, 0.25) is 0 Å². The molecule has 2 atom stereocenters. The van der Waals surface area contributed by atoms with Crippen molar-refractivity contribution in [2.24, 2.45) is 0 Å². The van der Waals surface area contributed by atoms with Crippen LogP contribution in [0.4, 0.5) is 0 Å². The van der Waals surface area contributed by atoms with E-state index in [2.05, 4.69) is 20.9 Å². The summed E-state index contributed by atoms with van der Waals surface area (Å²) in [6.07, 6.45) is 9.78. The molecule has 116 valence electrons. The van der Waals surface area contributed by atoms with E-state index in [0.29, 0.717) is 6.04 Å². The number of likely N-dealkylation sites (tertiary alicyclic amines) is 2. The summed E-state index contributed by atoms with van der Waals surface area (Å²) in [5.74, 6) is 0. The molecular weight excluding hydrogens is 262 g/mol. The van der Waals surface area contributed by atoms with Crippen LogP contribution >= 0.6 is 0 Å². The van der Waals surface area contributed by atoms with Crippen molar-refractivity contribution in [3.63, 3.8) is 0 Å². The van der Waals surface area contributed by atoms with E-state index in [1.54, 1.807) is 0 Å². The van der Waals surface area contributed by atoms with Gasteiger partial charge in [-0.3, -0.25) is 14.8 Å². The summed E-state index contributed by atoms with van der Waals surface area (Å²) in [6, 6.07) is 4.51. The lowest BCUT2D eigenvalue weighted by molar-refractivity contribution is 0.0706. The van der Waals surface area contributed by atoms with E-state index >= 15 is 0 Å². The first kappa shape index (κ1) is 14.9. The number of aliphatic hydroxyl groups is 1. The van der Waals surface area contributed by atoms with E-state index in [1.807, 2.05) is 18.5 Å². The van der Waals surface area contributed by atoms with Crippen LogP contribution in [-0.4, -0.2) is 64.8 Å². The number of aromatic nitrogens is 1. The summed E-state index contributed by atoms with van der Waals surface area (Å²) >= 11 is 0. The average molecular weight is 289 g/mol. The SMILES string of the molecule is O[C@@H]1CN(CCCc2cccnc2)C[C@H]1N1CCCCC1. The maximum Gasteiger partial charge on any atom is 0.0834 e. The third kappa shape index (κ3) is 4.02. The number of hydrogen-bond donors (Lipinski definition) is 1. The number of β-amino-alcohol motifs (C(OH)–C–C–N with tert-alkyl or cyclic N) is 1. The second kappa shape index (κ2) is 7.34. The van der Waals surface area contributed by atoms with E-state index in [1.165, 1.54) is 37.9 Å². The molecule has 1 N–H and O–H groups in total. The zero-order valence-electron chi connectivity index (χ0n) is 12.8. The van der Waals surface area contributed by atoms with Crippen LogP contribution in [0.15, 0.2) is 24.5 Å². The van der Waals surface area contributed by atoms with Gasteiger partial charge in [-0.15, -0.1) is 0 Å². The van der Waals surface area contributed by atoms with Crippen LogP contribution in [0.1, 0.15) is 31.2 Å². The van der Waals surface area contributed by atoms with E-state index in [-0.39, 0.29) is 6.10 Å². The average Bonchev–Trinajstić information content (AvgIpc) is 2.90. The first-order chi connectivity index (χ1) is 10.3. The second-order valence-corrected chi connectivity index (χ2v) is 6.46. The van der Waals surface area contributed by atoms with E-state index in [9.17, 15) is 5.11 Å². The number of piperidine rings is 1. The van der Waals surface area contributed by atoms with Gasteiger partial charge in [-0.25, -0.2) is 0 Å². The Hall–Kier alpha value is -0.970. The molecule has 1 aromatic rings. The maximum absolute atomic E-state index is 10.3. The highest BCUT2D eigenvalue weighted by molar-refractivity contribution is 5.08. The van der Waals surface area contributed by atoms with Gasteiger partial charge in [0.15, 0.2) is 0 Å². The first-order valence-electron chi connectivity index (χ1n) is 8.36. The minimum absolute atomic E-state index is 0.165. The van der Waals surface area contributed by atoms with Crippen molar-refractivity contribution in [1.29, 1.82) is 0 Å². The Bertz CT molecular complexity index is 419. The molecule has 21 heavy (non-hydrogen) atoms. The molecule has 1 aromatic heterocycles. The summed E-state index contributed by atoms with van der Waals surface area (Å²) in [7, 11) is 0. The standard InChI is InChI=1S/C17H27N3O/c21-17-14-19(9-5-7-15-6-4-8-18-12-15)13-16(17)20-10-2-1-3-11-20/h4,6,8,12,16-17,21H,1-3,5,7,9-11,13-14H2/t16-,17-/m1/s1. The summed E-state index contributed by atoms with van der Waals surface area (Å²) in [5, 5.41) is 10.3. The molecule has 0 spiro atoms. The monoisotopic (exact) mass is 289 g/mol. The Balaban J connectivity index is 1.43. The van der Waals surface area contributed by atoms with Gasteiger partial charge in [-0.05, 0) is 56.9 Å². The van der Waals surface area contributed by atoms with Gasteiger partial charge in [0.05, 0.1) is 6.10 Å². The molecule has 2 aliphatic heterocycles. The number of aryl methyl sites for hydroxylation is 1. The van der Waals surface area contributed by atoms with Gasteiger partial charge in [0.1, 0.15) is 0 Å². The van der Waals surface area contributed by atoms with Gasteiger partial charge in [-0.2, -0.15) is 0 Å². The lowest BCUT2D eigenvalue weighted by Crippen LogP contribution is -2.45. The Morgan fingerprint density at radius 1 is 1.19 bits per heavy atom. The van der Waals surface area contributed by atoms with Crippen molar-refractivity contribution in [2.45, 2.75) is 44.2 Å². The van der Waals surface area contributed by atoms with Crippen LogP contribution in [-0.2, 0) is 6.42 Å². The molecule has 4 nitrogen and oxygen atoms in total. The molecule has 0 unspecified atom stereocenters. The fraction of sp³-hybridized carbons (Fsp3) is 0.706. The number of nitrogens with zero attached hydrogens (tertiary/aromatic N) is 3. The Morgan fingerprint density at radius 2 is 2.05 bits per heavy atom. The Labute approximate surface area is 127 Å². The molecule has 3 rings (SSSR count). The molecule has 0 bridgehead atoms. The molecule has 2 aliphatic rings. The van der Waals surface area contributed by atoms with Crippen LogP contribution in [0.25, 0.3) is 0 Å². The molecule has 3 heterocycles. The second-order valence-electron chi connectivity index (χ2n) is 6.46. The predicted octanol–water partition coefficient (Wildman–Crippen LogP) is 1.55. The van der Waals surface area contributed by atoms with Crippen molar-refractivity contribution in [1.82, 2.24) is 14.8 Å². The van der Waals surface area contributed by atoms with Gasteiger partial charge in [-0.1, -0.05) is 12.5 Å². The predicted molar refractivity (Wildman–Crippen MR) is 84.2 cm³/mol. The van der Waals surface area contributed by atoms with Crippen molar-refractivity contribution in [3.8, 4) is 0 Å². The lowest BCUT2D eigenvalue weighted by atomic mass is 10.1. The molecule has 0 aromatic carbocycles. The minimum atomic E-state index is -0.165. The minimum Gasteiger partial charge on any atom is -0.390 e. The van der Waals surface area contributed by atoms with Crippen LogP contribution in [0.2, 0.25) is 0 Å². The highest BCUT2D eigenvalue weighted by Crippen LogP contribution is 2.21. The number of aliphatic hydroxyl groups excluding tert-OH is 1. The van der Waals surface area contributed by atoms with Crippen molar-refractivity contribution < 1.29 is 5.11 Å². The molecule has 0 radical (unpaired) electrons. The Morgan fingerprint density at radius 3 is 2.81 bits per heavy atom. The molecule has 0 saturated carbocycles. The fourth-order valence-electron chi connectivity index (χ4n) is 3.69. The van der Waals surface area contributed by atoms with Crippen molar-refractivity contribution in [2.75, 3.05) is 32.7 Å². The number of hydrogen-bond acceptors (Lipinski definition) is 4. The first-order valence-corrected chi connectivity index (χ1v) is 8.36. The van der Waals surface area contributed by atoms with Crippen molar-refractivity contribution in [3.05, 3.63) is 30.1 Å². The molecule has 0 amide bonds. The van der Waals surface area contributed by atoms with Crippen LogP contribution in [0, 0.1) is 0 Å². The van der Waals surface area contributed by atoms with E-state index < -0.39 is 0 Å². The van der Waals surface area contributed by atoms with Gasteiger partial charge >= 0.3 is 0 Å². The Kier molecular flexibility index (Phi) is 5.22. The smallest absolute Gasteiger partial charge is 0.0834 e. The number of pyridine rings is 1. The third-order valence-electron chi connectivity index (χ3n) is 4.86. The largest absolute Gasteiger partial charge is 0.390 e. The summed E-state index contributed by atoms with van der Waals surface area (Å²) < 4.78 is 0. The van der Waals surface area contributed by atoms with Gasteiger partial charge in [0, 0.05) is 31.5 Å². The molecular formula is C17H27N3O. The van der Waals surface area contributed by atoms with Crippen molar-refractivity contribution >= 4 is 0 Å². The third-order valence-corrected chi connectivity index (χ3v) is 4.86. The van der Waals surface area contributed by atoms with Crippen LogP contribution in [0.3, 0.4) is 0 Å². The summed E-state index contributed by atoms with van der Waals surface area (Å²) in [5.41, 5.74) is 1.31. The molecule has 2 saturated heterocycles. The molecule has 0 aliphatic carbocycles. The number of rotatable bonds is 5. The highest BCUT2D eigenvalue weighted by atomic mass is 16.3. The van der Waals surface area contributed by atoms with E-state index in [4.69, 9.17) is 0 Å². The molecule has 4 heteroatoms.